The lowest BCUT2D eigenvalue weighted by Gasteiger charge is -2.18. The first-order chi connectivity index (χ1) is 8.18. The van der Waals surface area contributed by atoms with Crippen molar-refractivity contribution in [3.05, 3.63) is 54.4 Å². The second-order valence-corrected chi connectivity index (χ2v) is 3.61. The number of para-hydroxylation sites is 1. The number of aryl methyl sites for hydroxylation is 1. The summed E-state index contributed by atoms with van der Waals surface area (Å²) in [6, 6.07) is 12.5. The molecule has 1 heterocycles. The van der Waals surface area contributed by atoms with Gasteiger partial charge in [-0.2, -0.15) is 0 Å². The van der Waals surface area contributed by atoms with E-state index in [1.54, 1.807) is 42.6 Å². The van der Waals surface area contributed by atoms with Crippen molar-refractivity contribution in [2.45, 2.75) is 6.92 Å². The Labute approximate surface area is 99.2 Å². The van der Waals surface area contributed by atoms with Crippen LogP contribution in [0.1, 0.15) is 5.69 Å². The van der Waals surface area contributed by atoms with Crippen molar-refractivity contribution in [2.24, 2.45) is 0 Å². The zero-order chi connectivity index (χ0) is 12.3. The molecule has 0 bridgehead atoms. The molecule has 0 aliphatic carbocycles. The van der Waals surface area contributed by atoms with Gasteiger partial charge in [-0.1, -0.05) is 18.2 Å². The number of aromatic nitrogens is 1. The van der Waals surface area contributed by atoms with Crippen LogP contribution in [0.4, 0.5) is 16.2 Å². The van der Waals surface area contributed by atoms with Crippen molar-refractivity contribution < 1.29 is 9.90 Å². The second-order valence-electron chi connectivity index (χ2n) is 3.61. The van der Waals surface area contributed by atoms with Crippen LogP contribution in [-0.4, -0.2) is 16.2 Å². The van der Waals surface area contributed by atoms with Gasteiger partial charge in [0.15, 0.2) is 0 Å². The van der Waals surface area contributed by atoms with E-state index in [9.17, 15) is 9.90 Å². The molecule has 1 aromatic carbocycles. The zero-order valence-electron chi connectivity index (χ0n) is 9.37. The molecule has 0 fully saturated rings. The van der Waals surface area contributed by atoms with E-state index in [0.29, 0.717) is 11.4 Å². The van der Waals surface area contributed by atoms with Crippen LogP contribution in [0.5, 0.6) is 0 Å². The molecule has 1 amide bonds. The lowest BCUT2D eigenvalue weighted by Crippen LogP contribution is -2.23. The molecule has 0 saturated heterocycles. The predicted octanol–water partition coefficient (Wildman–Crippen LogP) is 3.21. The zero-order valence-corrected chi connectivity index (χ0v) is 9.37. The van der Waals surface area contributed by atoms with Gasteiger partial charge >= 0.3 is 6.09 Å². The number of rotatable bonds is 2. The maximum absolute atomic E-state index is 11.3. The average molecular weight is 228 g/mol. The Bertz CT molecular complexity index is 509. The fourth-order valence-electron chi connectivity index (χ4n) is 1.54. The molecule has 0 radical (unpaired) electrons. The van der Waals surface area contributed by atoms with Crippen molar-refractivity contribution >= 4 is 17.5 Å². The molecule has 4 heteroatoms. The van der Waals surface area contributed by atoms with Gasteiger partial charge < -0.3 is 5.11 Å². The Morgan fingerprint density at radius 3 is 2.35 bits per heavy atom. The van der Waals surface area contributed by atoms with Gasteiger partial charge in [0.1, 0.15) is 0 Å². The number of nitrogens with zero attached hydrogens (tertiary/aromatic N) is 2. The molecule has 2 rings (SSSR count). The summed E-state index contributed by atoms with van der Waals surface area (Å²) in [6.45, 7) is 1.86. The first-order valence-electron chi connectivity index (χ1n) is 5.19. The third kappa shape index (κ3) is 2.42. The summed E-state index contributed by atoms with van der Waals surface area (Å²) in [5.74, 6) is 0. The Kier molecular flexibility index (Phi) is 3.05. The molecule has 0 saturated carbocycles. The van der Waals surface area contributed by atoms with E-state index in [1.165, 1.54) is 4.90 Å². The number of carbonyl (C=O) groups is 1. The molecule has 1 N–H and O–H groups in total. The lowest BCUT2D eigenvalue weighted by molar-refractivity contribution is 0.205. The maximum Gasteiger partial charge on any atom is 0.416 e. The predicted molar refractivity (Wildman–Crippen MR) is 65.6 cm³/mol. The molecular formula is C13H12N2O2. The Balaban J connectivity index is 2.43. The van der Waals surface area contributed by atoms with Crippen LogP contribution < -0.4 is 4.90 Å². The molecule has 4 nitrogen and oxygen atoms in total. The van der Waals surface area contributed by atoms with E-state index in [0.717, 1.165) is 5.69 Å². The second kappa shape index (κ2) is 4.65. The van der Waals surface area contributed by atoms with Crippen LogP contribution in [0.15, 0.2) is 48.7 Å². The van der Waals surface area contributed by atoms with Crippen LogP contribution >= 0.6 is 0 Å². The molecule has 0 aliphatic heterocycles. The van der Waals surface area contributed by atoms with Gasteiger partial charge in [-0.15, -0.1) is 0 Å². The van der Waals surface area contributed by atoms with Crippen molar-refractivity contribution in [2.75, 3.05) is 4.90 Å². The number of carboxylic acid groups (broad SMARTS) is 1. The monoisotopic (exact) mass is 228 g/mol. The summed E-state index contributed by atoms with van der Waals surface area (Å²) in [6.07, 6.45) is 0.526. The number of pyridine rings is 1. The first-order valence-corrected chi connectivity index (χ1v) is 5.19. The van der Waals surface area contributed by atoms with Gasteiger partial charge in [0, 0.05) is 5.69 Å². The molecule has 1 aromatic heterocycles. The van der Waals surface area contributed by atoms with E-state index in [-0.39, 0.29) is 0 Å². The van der Waals surface area contributed by atoms with E-state index in [1.807, 2.05) is 13.0 Å². The third-order valence-electron chi connectivity index (χ3n) is 2.36. The average Bonchev–Trinajstić information content (AvgIpc) is 2.33. The topological polar surface area (TPSA) is 53.4 Å². The highest BCUT2D eigenvalue weighted by Gasteiger charge is 2.16. The van der Waals surface area contributed by atoms with Gasteiger partial charge in [0.25, 0.3) is 0 Å². The highest BCUT2D eigenvalue weighted by Crippen LogP contribution is 2.24. The summed E-state index contributed by atoms with van der Waals surface area (Å²) >= 11 is 0. The molecule has 0 atom stereocenters. The molecule has 2 aromatic rings. The lowest BCUT2D eigenvalue weighted by atomic mass is 10.2. The molecule has 86 valence electrons. The summed E-state index contributed by atoms with van der Waals surface area (Å²) in [5.41, 5.74) is 1.99. The quantitative estimate of drug-likeness (QED) is 0.858. The number of hydrogen-bond acceptors (Lipinski definition) is 2. The minimum atomic E-state index is -1.03. The largest absolute Gasteiger partial charge is 0.464 e. The molecular weight excluding hydrogens is 216 g/mol. The highest BCUT2D eigenvalue weighted by molar-refractivity contribution is 5.94. The van der Waals surface area contributed by atoms with Crippen LogP contribution in [-0.2, 0) is 0 Å². The summed E-state index contributed by atoms with van der Waals surface area (Å²) < 4.78 is 0. The van der Waals surface area contributed by atoms with E-state index in [4.69, 9.17) is 0 Å². The van der Waals surface area contributed by atoms with Crippen LogP contribution in [0.3, 0.4) is 0 Å². The van der Waals surface area contributed by atoms with Crippen molar-refractivity contribution in [3.8, 4) is 0 Å². The van der Waals surface area contributed by atoms with Crippen LogP contribution in [0, 0.1) is 6.92 Å². The SMILES string of the molecule is Cc1ccc(N(C(=O)O)c2ccccc2)cn1. The van der Waals surface area contributed by atoms with Crippen LogP contribution in [0.25, 0.3) is 0 Å². The summed E-state index contributed by atoms with van der Waals surface area (Å²) in [4.78, 5) is 16.6. The highest BCUT2D eigenvalue weighted by atomic mass is 16.4. The van der Waals surface area contributed by atoms with E-state index in [2.05, 4.69) is 4.98 Å². The number of anilines is 2. The Morgan fingerprint density at radius 1 is 1.12 bits per heavy atom. The third-order valence-corrected chi connectivity index (χ3v) is 2.36. The smallest absolute Gasteiger partial charge is 0.416 e. The molecule has 0 spiro atoms. The van der Waals surface area contributed by atoms with Gasteiger partial charge in [0.05, 0.1) is 17.6 Å². The molecule has 17 heavy (non-hydrogen) atoms. The number of hydrogen-bond donors (Lipinski definition) is 1. The standard InChI is InChI=1S/C13H12N2O2/c1-10-7-8-12(9-14-10)15(13(16)17)11-5-3-2-4-6-11/h2-9H,1H3,(H,16,17). The van der Waals surface area contributed by atoms with Gasteiger partial charge in [-0.3, -0.25) is 4.98 Å². The normalized spacial score (nSPS) is 9.94. The minimum absolute atomic E-state index is 0.536. The number of amides is 1. The summed E-state index contributed by atoms with van der Waals surface area (Å²) in [7, 11) is 0. The molecule has 0 unspecified atom stereocenters. The van der Waals surface area contributed by atoms with Crippen molar-refractivity contribution in [1.82, 2.24) is 4.98 Å². The van der Waals surface area contributed by atoms with Gasteiger partial charge in [0.2, 0.25) is 0 Å². The van der Waals surface area contributed by atoms with Crippen molar-refractivity contribution in [1.29, 1.82) is 0 Å². The van der Waals surface area contributed by atoms with E-state index >= 15 is 0 Å². The van der Waals surface area contributed by atoms with Crippen LogP contribution in [0.2, 0.25) is 0 Å². The van der Waals surface area contributed by atoms with E-state index < -0.39 is 6.09 Å². The van der Waals surface area contributed by atoms with Crippen molar-refractivity contribution in [3.63, 3.8) is 0 Å². The maximum atomic E-state index is 11.3. The fraction of sp³-hybridized carbons (Fsp3) is 0.0769. The summed E-state index contributed by atoms with van der Waals surface area (Å²) in [5, 5.41) is 9.25. The Morgan fingerprint density at radius 2 is 1.82 bits per heavy atom. The fourth-order valence-corrected chi connectivity index (χ4v) is 1.54. The van der Waals surface area contributed by atoms with Gasteiger partial charge in [-0.25, -0.2) is 9.69 Å². The molecule has 0 aliphatic rings. The van der Waals surface area contributed by atoms with Gasteiger partial charge in [-0.05, 0) is 31.2 Å². The minimum Gasteiger partial charge on any atom is -0.464 e. The first kappa shape index (κ1) is 11.1. The number of benzene rings is 1. The Hall–Kier alpha value is -2.36.